The van der Waals surface area contributed by atoms with Crippen molar-refractivity contribution in [3.63, 3.8) is 0 Å². The molecule has 162 valence electrons. The first-order valence-corrected chi connectivity index (χ1v) is 11.3. The van der Waals surface area contributed by atoms with Gasteiger partial charge in [-0.1, -0.05) is 13.8 Å². The number of carbonyl (C=O) groups is 2. The van der Waals surface area contributed by atoms with Crippen LogP contribution in [0.5, 0.6) is 0 Å². The van der Waals surface area contributed by atoms with Crippen molar-refractivity contribution < 1.29 is 29.3 Å². The normalized spacial score (nSPS) is 55.1. The molecular weight excluding hydrogens is 372 g/mol. The molecule has 9 unspecified atom stereocenters. The Hall–Kier alpha value is -0.980. The average molecular weight is 407 g/mol. The van der Waals surface area contributed by atoms with Crippen LogP contribution in [0.2, 0.25) is 0 Å². The highest BCUT2D eigenvalue weighted by Crippen LogP contribution is 2.74. The number of ether oxygens (including phenoxy) is 2. The third-order valence-electron chi connectivity index (χ3n) is 10.1. The van der Waals surface area contributed by atoms with E-state index in [1.165, 1.54) is 6.92 Å². The van der Waals surface area contributed by atoms with E-state index in [1.807, 2.05) is 0 Å². The molecule has 1 aliphatic heterocycles. The lowest BCUT2D eigenvalue weighted by Gasteiger charge is -2.59. The molecule has 4 aliphatic carbocycles. The number of hydrogen-bond acceptors (Lipinski definition) is 6. The standard InChI is InChI=1S/C23H34O6/c1-13(24)28-12-18(26)22(27)9-6-16-15-10-19-23(29-19)11-14(25)4-7-21(23,3)17(15)5-8-20(16,22)2/h14-17,19,25,27H,4-12H2,1-3H3. The van der Waals surface area contributed by atoms with E-state index in [4.69, 9.17) is 9.47 Å². The van der Waals surface area contributed by atoms with Gasteiger partial charge in [-0.15, -0.1) is 0 Å². The zero-order chi connectivity index (χ0) is 20.8. The molecule has 0 amide bonds. The third kappa shape index (κ3) is 2.40. The number of aliphatic hydroxyl groups excluding tert-OH is 1. The molecule has 5 aliphatic rings. The van der Waals surface area contributed by atoms with Crippen LogP contribution in [0, 0.1) is 28.6 Å². The Balaban J connectivity index is 1.42. The SMILES string of the molecule is CC(=O)OCC(=O)C1(O)CCC2C3CC4OC45CC(O)CCC5(C)C3CCC21C. The molecule has 6 heteroatoms. The molecule has 6 nitrogen and oxygen atoms in total. The number of esters is 1. The van der Waals surface area contributed by atoms with Gasteiger partial charge in [0.25, 0.3) is 0 Å². The van der Waals surface area contributed by atoms with Crippen LogP contribution in [0.15, 0.2) is 0 Å². The minimum atomic E-state index is -1.42. The Kier molecular flexibility index (Phi) is 4.16. The Labute approximate surface area is 172 Å². The van der Waals surface area contributed by atoms with Crippen molar-refractivity contribution in [3.05, 3.63) is 0 Å². The van der Waals surface area contributed by atoms with Gasteiger partial charge in [0.15, 0.2) is 6.61 Å². The Morgan fingerprint density at radius 2 is 1.72 bits per heavy atom. The van der Waals surface area contributed by atoms with Gasteiger partial charge in [0.2, 0.25) is 5.78 Å². The smallest absolute Gasteiger partial charge is 0.303 e. The zero-order valence-corrected chi connectivity index (χ0v) is 17.8. The molecular formula is C23H34O6. The zero-order valence-electron chi connectivity index (χ0n) is 17.8. The number of aliphatic hydroxyl groups is 2. The summed E-state index contributed by atoms with van der Waals surface area (Å²) in [6.07, 6.45) is 6.57. The van der Waals surface area contributed by atoms with Crippen LogP contribution in [0.4, 0.5) is 0 Å². The summed E-state index contributed by atoms with van der Waals surface area (Å²) in [7, 11) is 0. The van der Waals surface area contributed by atoms with Crippen LogP contribution in [-0.4, -0.2) is 52.0 Å². The second-order valence-electron chi connectivity index (χ2n) is 11.0. The van der Waals surface area contributed by atoms with Gasteiger partial charge < -0.3 is 19.7 Å². The van der Waals surface area contributed by atoms with Crippen LogP contribution in [-0.2, 0) is 19.1 Å². The molecule has 0 aromatic heterocycles. The molecule has 29 heavy (non-hydrogen) atoms. The van der Waals surface area contributed by atoms with Gasteiger partial charge in [-0.3, -0.25) is 9.59 Å². The van der Waals surface area contributed by atoms with Crippen LogP contribution < -0.4 is 0 Å². The summed E-state index contributed by atoms with van der Waals surface area (Å²) in [6, 6.07) is 0. The number of rotatable bonds is 3. The third-order valence-corrected chi connectivity index (χ3v) is 10.1. The van der Waals surface area contributed by atoms with Crippen molar-refractivity contribution in [3.8, 4) is 0 Å². The lowest BCUT2D eigenvalue weighted by atomic mass is 9.44. The van der Waals surface area contributed by atoms with Crippen molar-refractivity contribution in [2.75, 3.05) is 6.61 Å². The lowest BCUT2D eigenvalue weighted by molar-refractivity contribution is -0.173. The van der Waals surface area contributed by atoms with E-state index in [2.05, 4.69) is 13.8 Å². The molecule has 0 radical (unpaired) electrons. The number of Topliss-reactive ketones (excluding diaryl/α,β-unsaturated/α-hetero) is 1. The summed E-state index contributed by atoms with van der Waals surface area (Å²) in [5.74, 6) is 0.379. The highest BCUT2D eigenvalue weighted by molar-refractivity contribution is 5.90. The van der Waals surface area contributed by atoms with Gasteiger partial charge in [0.1, 0.15) is 11.2 Å². The van der Waals surface area contributed by atoms with E-state index >= 15 is 0 Å². The van der Waals surface area contributed by atoms with Gasteiger partial charge in [-0.2, -0.15) is 0 Å². The Morgan fingerprint density at radius 1 is 1.07 bits per heavy atom. The maximum atomic E-state index is 12.9. The number of hydrogen-bond donors (Lipinski definition) is 2. The highest BCUT2D eigenvalue weighted by Gasteiger charge is 2.77. The number of ketones is 1. The largest absolute Gasteiger partial charge is 0.458 e. The molecule has 1 spiro atoms. The molecule has 5 rings (SSSR count). The molecule has 2 N–H and O–H groups in total. The average Bonchev–Trinajstić information content (AvgIpc) is 3.28. The van der Waals surface area contributed by atoms with Crippen molar-refractivity contribution >= 4 is 11.8 Å². The predicted molar refractivity (Wildman–Crippen MR) is 104 cm³/mol. The second-order valence-corrected chi connectivity index (χ2v) is 11.0. The van der Waals surface area contributed by atoms with E-state index in [9.17, 15) is 19.8 Å². The summed E-state index contributed by atoms with van der Waals surface area (Å²) >= 11 is 0. The number of fused-ring (bicyclic) bond motifs is 4. The van der Waals surface area contributed by atoms with Crippen molar-refractivity contribution in [2.45, 2.75) is 95.5 Å². The first-order chi connectivity index (χ1) is 13.6. The topological polar surface area (TPSA) is 96.4 Å². The van der Waals surface area contributed by atoms with E-state index in [1.54, 1.807) is 0 Å². The maximum absolute atomic E-state index is 12.9. The monoisotopic (exact) mass is 406 g/mol. The molecule has 0 bridgehead atoms. The quantitative estimate of drug-likeness (QED) is 0.552. The molecule has 0 aromatic carbocycles. The summed E-state index contributed by atoms with van der Waals surface area (Å²) in [6.45, 7) is 5.39. The second kappa shape index (κ2) is 6.04. The molecule has 0 aromatic rings. The maximum Gasteiger partial charge on any atom is 0.303 e. The molecule has 5 fully saturated rings. The van der Waals surface area contributed by atoms with Gasteiger partial charge in [-0.05, 0) is 62.7 Å². The van der Waals surface area contributed by atoms with Gasteiger partial charge in [0, 0.05) is 24.2 Å². The minimum Gasteiger partial charge on any atom is -0.458 e. The van der Waals surface area contributed by atoms with Crippen LogP contribution in [0.1, 0.15) is 72.1 Å². The summed E-state index contributed by atoms with van der Waals surface area (Å²) in [5.41, 5.74) is -1.98. The molecule has 9 atom stereocenters. The van der Waals surface area contributed by atoms with Crippen LogP contribution in [0.3, 0.4) is 0 Å². The Morgan fingerprint density at radius 3 is 2.45 bits per heavy atom. The summed E-state index contributed by atoms with van der Waals surface area (Å²) in [4.78, 5) is 24.1. The highest BCUT2D eigenvalue weighted by atomic mass is 16.6. The van der Waals surface area contributed by atoms with Crippen molar-refractivity contribution in [1.82, 2.24) is 0 Å². The molecule has 1 heterocycles. The van der Waals surface area contributed by atoms with Gasteiger partial charge >= 0.3 is 5.97 Å². The fourth-order valence-electron chi connectivity index (χ4n) is 8.42. The van der Waals surface area contributed by atoms with E-state index in [0.717, 1.165) is 44.9 Å². The van der Waals surface area contributed by atoms with Crippen LogP contribution >= 0.6 is 0 Å². The van der Waals surface area contributed by atoms with E-state index in [-0.39, 0.29) is 41.5 Å². The summed E-state index contributed by atoms with van der Waals surface area (Å²) in [5, 5.41) is 21.8. The molecule has 4 saturated carbocycles. The summed E-state index contributed by atoms with van der Waals surface area (Å²) < 4.78 is 11.3. The first-order valence-electron chi connectivity index (χ1n) is 11.3. The first kappa shape index (κ1) is 20.0. The number of carbonyl (C=O) groups excluding carboxylic acids is 2. The molecule has 1 saturated heterocycles. The Bertz CT molecular complexity index is 752. The van der Waals surface area contributed by atoms with E-state index < -0.39 is 17.0 Å². The van der Waals surface area contributed by atoms with Crippen LogP contribution in [0.25, 0.3) is 0 Å². The van der Waals surface area contributed by atoms with Gasteiger partial charge in [-0.25, -0.2) is 0 Å². The fourth-order valence-corrected chi connectivity index (χ4v) is 8.42. The minimum absolute atomic E-state index is 0.0730. The number of epoxide rings is 1. The lowest BCUT2D eigenvalue weighted by Crippen LogP contribution is -2.61. The van der Waals surface area contributed by atoms with Gasteiger partial charge in [0.05, 0.1) is 12.2 Å². The van der Waals surface area contributed by atoms with Crippen molar-refractivity contribution in [1.29, 1.82) is 0 Å². The fraction of sp³-hybridized carbons (Fsp3) is 0.913. The van der Waals surface area contributed by atoms with Crippen molar-refractivity contribution in [2.24, 2.45) is 28.6 Å². The predicted octanol–water partition coefficient (Wildman–Crippen LogP) is 2.38. The van der Waals surface area contributed by atoms with E-state index in [0.29, 0.717) is 18.3 Å².